The number of fused-ring (bicyclic) bond motifs is 2. The van der Waals surface area contributed by atoms with E-state index in [2.05, 4.69) is 28.1 Å². The zero-order valence-electron chi connectivity index (χ0n) is 20.2. The largest absolute Gasteiger partial charge is 0.497 e. The van der Waals surface area contributed by atoms with Gasteiger partial charge in [-0.15, -0.1) is 0 Å². The molecular formula is C29H28N4O3. The number of para-hydroxylation sites is 1. The maximum absolute atomic E-state index is 13.6. The zero-order chi connectivity index (χ0) is 24.6. The highest BCUT2D eigenvalue weighted by Crippen LogP contribution is 2.33. The number of nitrogens with one attached hydrogen (secondary N) is 1. The van der Waals surface area contributed by atoms with Crippen molar-refractivity contribution in [3.8, 4) is 5.75 Å². The molecule has 0 bridgehead atoms. The van der Waals surface area contributed by atoms with Crippen LogP contribution in [0.4, 0.5) is 5.69 Å². The first kappa shape index (κ1) is 22.2. The van der Waals surface area contributed by atoms with Gasteiger partial charge in [-0.1, -0.05) is 48.5 Å². The summed E-state index contributed by atoms with van der Waals surface area (Å²) in [5, 5.41) is 0.900. The molecule has 2 aliphatic heterocycles. The molecule has 3 heterocycles. The van der Waals surface area contributed by atoms with Crippen LogP contribution in [0.2, 0.25) is 0 Å². The topological polar surface area (TPSA) is 68.9 Å². The summed E-state index contributed by atoms with van der Waals surface area (Å²) in [4.78, 5) is 36.3. The SMILES string of the molecule is COc1ccc2[nH]c(C(=O)N3CC(=O)N(Cc4ccccc4)[C@@H](N4CCc5ccccc54)C3)cc2c1. The number of benzene rings is 3. The number of anilines is 1. The van der Waals surface area contributed by atoms with Crippen LogP contribution < -0.4 is 9.64 Å². The third-order valence-electron chi connectivity index (χ3n) is 7.21. The highest BCUT2D eigenvalue weighted by atomic mass is 16.5. The van der Waals surface area contributed by atoms with Gasteiger partial charge in [0.25, 0.3) is 5.91 Å². The van der Waals surface area contributed by atoms with Crippen LogP contribution in [0.3, 0.4) is 0 Å². The molecule has 0 unspecified atom stereocenters. The summed E-state index contributed by atoms with van der Waals surface area (Å²) in [5.41, 5.74) is 4.83. The van der Waals surface area contributed by atoms with Gasteiger partial charge in [-0.25, -0.2) is 0 Å². The van der Waals surface area contributed by atoms with E-state index in [0.29, 0.717) is 18.8 Å². The van der Waals surface area contributed by atoms with E-state index in [-0.39, 0.29) is 24.5 Å². The lowest BCUT2D eigenvalue weighted by atomic mass is 10.1. The van der Waals surface area contributed by atoms with Crippen LogP contribution >= 0.6 is 0 Å². The first-order chi connectivity index (χ1) is 17.6. The predicted molar refractivity (Wildman–Crippen MR) is 139 cm³/mol. The van der Waals surface area contributed by atoms with E-state index < -0.39 is 0 Å². The van der Waals surface area contributed by atoms with Gasteiger partial charge < -0.3 is 24.4 Å². The maximum atomic E-state index is 13.6. The summed E-state index contributed by atoms with van der Waals surface area (Å²) in [7, 11) is 1.62. The van der Waals surface area contributed by atoms with E-state index in [0.717, 1.165) is 40.9 Å². The number of hydrogen-bond donors (Lipinski definition) is 1. The number of carbonyl (C=O) groups is 2. The molecular weight excluding hydrogens is 452 g/mol. The average molecular weight is 481 g/mol. The van der Waals surface area contributed by atoms with Gasteiger partial charge in [0.15, 0.2) is 0 Å². The smallest absolute Gasteiger partial charge is 0.270 e. The van der Waals surface area contributed by atoms with Crippen molar-refractivity contribution in [3.05, 3.63) is 95.7 Å². The van der Waals surface area contributed by atoms with Gasteiger partial charge in [0.05, 0.1) is 13.7 Å². The minimum Gasteiger partial charge on any atom is -0.497 e. The molecule has 2 aliphatic rings. The number of methoxy groups -OCH3 is 1. The van der Waals surface area contributed by atoms with E-state index >= 15 is 0 Å². The third kappa shape index (κ3) is 3.96. The van der Waals surface area contributed by atoms with Crippen LogP contribution in [-0.4, -0.2) is 59.5 Å². The van der Waals surface area contributed by atoms with E-state index in [9.17, 15) is 9.59 Å². The molecule has 3 aromatic carbocycles. The molecule has 1 fully saturated rings. The summed E-state index contributed by atoms with van der Waals surface area (Å²) in [5.74, 6) is 0.513. The molecule has 6 rings (SSSR count). The lowest BCUT2D eigenvalue weighted by Crippen LogP contribution is -2.63. The minimum atomic E-state index is -0.247. The van der Waals surface area contributed by atoms with Gasteiger partial charge in [-0.3, -0.25) is 9.59 Å². The fraction of sp³-hybridized carbons (Fsp3) is 0.241. The lowest BCUT2D eigenvalue weighted by Gasteiger charge is -2.45. The molecule has 36 heavy (non-hydrogen) atoms. The molecule has 1 saturated heterocycles. The lowest BCUT2D eigenvalue weighted by molar-refractivity contribution is -0.139. The van der Waals surface area contributed by atoms with E-state index in [1.54, 1.807) is 12.0 Å². The minimum absolute atomic E-state index is 0.0504. The molecule has 7 nitrogen and oxygen atoms in total. The highest BCUT2D eigenvalue weighted by Gasteiger charge is 2.40. The van der Waals surface area contributed by atoms with Crippen molar-refractivity contribution in [2.24, 2.45) is 0 Å². The van der Waals surface area contributed by atoms with Gasteiger partial charge in [0, 0.05) is 29.7 Å². The molecule has 1 N–H and O–H groups in total. The number of nitrogens with zero attached hydrogens (tertiary/aromatic N) is 3. The Morgan fingerprint density at radius 3 is 2.67 bits per heavy atom. The Balaban J connectivity index is 1.32. The van der Waals surface area contributed by atoms with Crippen molar-refractivity contribution in [2.45, 2.75) is 19.1 Å². The third-order valence-corrected chi connectivity index (χ3v) is 7.21. The number of rotatable bonds is 5. The summed E-state index contributed by atoms with van der Waals surface area (Å²) in [6, 6.07) is 25.9. The van der Waals surface area contributed by atoms with Crippen LogP contribution in [0.5, 0.6) is 5.75 Å². The number of piperazine rings is 1. The molecule has 1 aromatic heterocycles. The normalized spacial score (nSPS) is 17.5. The molecule has 0 radical (unpaired) electrons. The van der Waals surface area contributed by atoms with Crippen molar-refractivity contribution < 1.29 is 14.3 Å². The Morgan fingerprint density at radius 2 is 1.83 bits per heavy atom. The maximum Gasteiger partial charge on any atom is 0.270 e. The molecule has 4 aromatic rings. The molecule has 7 heteroatoms. The second-order valence-corrected chi connectivity index (χ2v) is 9.38. The van der Waals surface area contributed by atoms with Gasteiger partial charge in [0.1, 0.15) is 24.2 Å². The molecule has 0 spiro atoms. The Morgan fingerprint density at radius 1 is 1.03 bits per heavy atom. The van der Waals surface area contributed by atoms with Crippen molar-refractivity contribution in [2.75, 3.05) is 31.6 Å². The molecule has 0 saturated carbocycles. The number of aromatic amines is 1. The zero-order valence-corrected chi connectivity index (χ0v) is 20.2. The summed E-state index contributed by atoms with van der Waals surface area (Å²) in [6.45, 7) is 1.81. The summed E-state index contributed by atoms with van der Waals surface area (Å²) < 4.78 is 5.32. The number of carbonyl (C=O) groups excluding carboxylic acids is 2. The van der Waals surface area contributed by atoms with Crippen LogP contribution in [-0.2, 0) is 17.8 Å². The number of H-pyrrole nitrogens is 1. The second kappa shape index (κ2) is 9.07. The number of ether oxygens (including phenoxy) is 1. The van der Waals surface area contributed by atoms with Gasteiger partial charge in [-0.05, 0) is 47.9 Å². The van der Waals surface area contributed by atoms with Gasteiger partial charge >= 0.3 is 0 Å². The van der Waals surface area contributed by atoms with Crippen LogP contribution in [0.1, 0.15) is 21.6 Å². The standard InChI is InChI=1S/C29H28N4O3/c1-36-23-11-12-24-22(15-23)16-25(30-24)29(35)31-18-27(32-14-13-21-9-5-6-10-26(21)32)33(28(34)19-31)17-20-7-3-2-4-8-20/h2-12,15-16,27,30H,13-14,17-19H2,1H3/t27-/m1/s1. The average Bonchev–Trinajstić information content (AvgIpc) is 3.54. The van der Waals surface area contributed by atoms with Crippen molar-refractivity contribution >= 4 is 28.4 Å². The van der Waals surface area contributed by atoms with E-state index in [1.165, 1.54) is 5.56 Å². The Labute approximate surface area is 209 Å². The molecule has 182 valence electrons. The second-order valence-electron chi connectivity index (χ2n) is 9.38. The van der Waals surface area contributed by atoms with Crippen molar-refractivity contribution in [3.63, 3.8) is 0 Å². The van der Waals surface area contributed by atoms with Crippen LogP contribution in [0.15, 0.2) is 78.9 Å². The van der Waals surface area contributed by atoms with Gasteiger partial charge in [0.2, 0.25) is 5.91 Å². The fourth-order valence-electron chi connectivity index (χ4n) is 5.37. The highest BCUT2D eigenvalue weighted by molar-refractivity contribution is 6.00. The number of aromatic nitrogens is 1. The van der Waals surface area contributed by atoms with Crippen LogP contribution in [0, 0.1) is 0 Å². The first-order valence-corrected chi connectivity index (χ1v) is 12.2. The molecule has 2 amide bonds. The van der Waals surface area contributed by atoms with Gasteiger partial charge in [-0.2, -0.15) is 0 Å². The van der Waals surface area contributed by atoms with Crippen LogP contribution in [0.25, 0.3) is 10.9 Å². The quantitative estimate of drug-likeness (QED) is 0.468. The number of amides is 2. The monoisotopic (exact) mass is 480 g/mol. The van der Waals surface area contributed by atoms with Crippen molar-refractivity contribution in [1.29, 1.82) is 0 Å². The first-order valence-electron chi connectivity index (χ1n) is 12.2. The number of hydrogen-bond acceptors (Lipinski definition) is 4. The Hall–Kier alpha value is -4.26. The Kier molecular flexibility index (Phi) is 5.60. The molecule has 1 atom stereocenters. The predicted octanol–water partition coefficient (Wildman–Crippen LogP) is 4.05. The van der Waals surface area contributed by atoms with Crippen molar-refractivity contribution in [1.82, 2.24) is 14.8 Å². The fourth-order valence-corrected chi connectivity index (χ4v) is 5.37. The summed E-state index contributed by atoms with van der Waals surface area (Å²) in [6.07, 6.45) is 0.682. The van der Waals surface area contributed by atoms with E-state index in [4.69, 9.17) is 4.74 Å². The summed E-state index contributed by atoms with van der Waals surface area (Å²) >= 11 is 0. The Bertz CT molecular complexity index is 1430. The molecule has 0 aliphatic carbocycles. The van der Waals surface area contributed by atoms with E-state index in [1.807, 2.05) is 65.6 Å².